The third-order valence-corrected chi connectivity index (χ3v) is 11.3. The largest absolute Gasteiger partial charge is 0.445 e. The zero-order valence-electron chi connectivity index (χ0n) is 25.9. The van der Waals surface area contributed by atoms with Crippen LogP contribution >= 0.6 is 15.9 Å². The number of anilines is 2. The Bertz CT molecular complexity index is 1380. The Kier molecular flexibility index (Phi) is 9.96. The molecule has 3 fully saturated rings. The van der Waals surface area contributed by atoms with E-state index in [2.05, 4.69) is 37.5 Å². The van der Waals surface area contributed by atoms with Crippen molar-refractivity contribution >= 4 is 45.7 Å². The minimum Gasteiger partial charge on any atom is -0.445 e. The summed E-state index contributed by atoms with van der Waals surface area (Å²) in [6.07, 6.45) is 7.02. The van der Waals surface area contributed by atoms with Crippen LogP contribution in [0.25, 0.3) is 0 Å². The van der Waals surface area contributed by atoms with Crippen LogP contribution in [-0.2, 0) is 22.6 Å². The Hall–Kier alpha value is -3.15. The monoisotopic (exact) mass is 680 g/mol. The average Bonchev–Trinajstić information content (AvgIpc) is 3.23. The second kappa shape index (κ2) is 14.1. The molecule has 3 saturated heterocycles. The van der Waals surface area contributed by atoms with Crippen molar-refractivity contribution in [1.82, 2.24) is 20.0 Å². The number of nitrogens with one attached hydrogen (secondary N) is 2. The van der Waals surface area contributed by atoms with Gasteiger partial charge in [-0.25, -0.2) is 9.59 Å². The first-order chi connectivity index (χ1) is 21.9. The van der Waals surface area contributed by atoms with Gasteiger partial charge in [-0.15, -0.1) is 0 Å². The van der Waals surface area contributed by atoms with E-state index in [1.807, 2.05) is 35.2 Å². The summed E-state index contributed by atoms with van der Waals surface area (Å²) in [5.41, 5.74) is 8.48. The number of amides is 3. The number of carbonyl (C=O) groups excluding carboxylic acids is 3. The lowest BCUT2D eigenvalue weighted by molar-refractivity contribution is -0.128. The van der Waals surface area contributed by atoms with E-state index in [1.54, 1.807) is 11.0 Å². The lowest BCUT2D eigenvalue weighted by Gasteiger charge is -2.56. The molecule has 2 atom stereocenters. The molecule has 4 aliphatic heterocycles. The maximum atomic E-state index is 13.9. The van der Waals surface area contributed by atoms with E-state index in [9.17, 15) is 14.4 Å². The van der Waals surface area contributed by atoms with Gasteiger partial charge < -0.3 is 30.8 Å². The van der Waals surface area contributed by atoms with Gasteiger partial charge in [0.15, 0.2) is 0 Å². The van der Waals surface area contributed by atoms with Crippen LogP contribution in [0.3, 0.4) is 0 Å². The standard InChI is InChI=1S/C34H45BrN6O4/c35-29-21-24(5-6-30(29)36)23-45-33(44)41-19-12-28(40-18-11-27-3-1-2-4-31(27)38-32(40)43)22-34(41,13-20-42)39-16-9-26(10-17-39)25-7-14-37-15-8-25/h1-6,20-21,25-26,28,37H,7-19,22-23,36H2,(H,38,43)/t28-,34+/m1/s1. The summed E-state index contributed by atoms with van der Waals surface area (Å²) in [7, 11) is 0. The molecular formula is C34H45BrN6O4. The van der Waals surface area contributed by atoms with E-state index in [1.165, 1.54) is 12.8 Å². The number of piperidine rings is 3. The van der Waals surface area contributed by atoms with E-state index in [0.29, 0.717) is 37.5 Å². The number of rotatable bonds is 7. The van der Waals surface area contributed by atoms with E-state index in [0.717, 1.165) is 78.9 Å². The molecule has 4 heterocycles. The smallest absolute Gasteiger partial charge is 0.411 e. The van der Waals surface area contributed by atoms with Gasteiger partial charge in [-0.05, 0) is 109 Å². The summed E-state index contributed by atoms with van der Waals surface area (Å²) in [4.78, 5) is 46.1. The number of nitrogens with two attached hydrogens (primary N) is 1. The lowest BCUT2D eigenvalue weighted by atomic mass is 9.77. The van der Waals surface area contributed by atoms with Gasteiger partial charge >= 0.3 is 12.1 Å². The van der Waals surface area contributed by atoms with Gasteiger partial charge in [0, 0.05) is 60.9 Å². The molecule has 11 heteroatoms. The molecule has 0 radical (unpaired) electrons. The molecule has 45 heavy (non-hydrogen) atoms. The second-order valence-corrected chi connectivity index (χ2v) is 13.9. The van der Waals surface area contributed by atoms with E-state index in [4.69, 9.17) is 10.5 Å². The first kappa shape index (κ1) is 31.8. The third-order valence-electron chi connectivity index (χ3n) is 10.6. The van der Waals surface area contributed by atoms with Crippen molar-refractivity contribution in [3.63, 3.8) is 0 Å². The molecule has 0 unspecified atom stereocenters. The molecule has 2 aromatic rings. The fourth-order valence-corrected chi connectivity index (χ4v) is 8.51. The van der Waals surface area contributed by atoms with Crippen molar-refractivity contribution in [1.29, 1.82) is 0 Å². The number of halogens is 1. The number of nitrogen functional groups attached to an aromatic ring is 1. The van der Waals surface area contributed by atoms with Crippen molar-refractivity contribution in [2.45, 2.75) is 69.7 Å². The van der Waals surface area contributed by atoms with Crippen molar-refractivity contribution in [2.24, 2.45) is 11.8 Å². The number of hydrogen-bond acceptors (Lipinski definition) is 7. The third kappa shape index (κ3) is 6.85. The fourth-order valence-electron chi connectivity index (χ4n) is 8.08. The normalized spacial score (nSPS) is 25.3. The first-order valence-corrected chi connectivity index (χ1v) is 17.2. The van der Waals surface area contributed by atoms with Gasteiger partial charge in [0.2, 0.25) is 0 Å². The quantitative estimate of drug-likeness (QED) is 0.271. The molecule has 6 rings (SSSR count). The Morgan fingerprint density at radius 1 is 1.02 bits per heavy atom. The molecule has 2 aromatic carbocycles. The Labute approximate surface area is 274 Å². The average molecular weight is 682 g/mol. The van der Waals surface area contributed by atoms with Gasteiger partial charge in [-0.2, -0.15) is 0 Å². The van der Waals surface area contributed by atoms with Crippen LogP contribution in [0, 0.1) is 11.8 Å². The van der Waals surface area contributed by atoms with Crippen molar-refractivity contribution in [2.75, 3.05) is 50.3 Å². The highest BCUT2D eigenvalue weighted by molar-refractivity contribution is 9.10. The molecule has 4 N–H and O–H groups in total. The van der Waals surface area contributed by atoms with Crippen LogP contribution in [0.1, 0.15) is 56.1 Å². The summed E-state index contributed by atoms with van der Waals surface area (Å²) in [6, 6.07) is 13.2. The van der Waals surface area contributed by atoms with Crippen LogP contribution in [0.2, 0.25) is 0 Å². The first-order valence-electron chi connectivity index (χ1n) is 16.4. The molecule has 0 aliphatic carbocycles. The summed E-state index contributed by atoms with van der Waals surface area (Å²) in [5, 5.41) is 6.59. The van der Waals surface area contributed by atoms with Crippen molar-refractivity contribution in [3.05, 3.63) is 58.1 Å². The fraction of sp³-hybridized carbons (Fsp3) is 0.559. The SMILES string of the molecule is Nc1ccc(COC(=O)N2CC[C@@H](N3CCc4ccccc4NC3=O)C[C@@]2(CC=O)N2CCC(C3CCNCC3)CC2)cc1Br. The highest BCUT2D eigenvalue weighted by Crippen LogP contribution is 2.41. The van der Waals surface area contributed by atoms with Gasteiger partial charge in [-0.3, -0.25) is 9.80 Å². The number of hydrogen-bond donors (Lipinski definition) is 3. The molecule has 10 nitrogen and oxygen atoms in total. The lowest BCUT2D eigenvalue weighted by Crippen LogP contribution is -2.69. The number of ether oxygens (including phenoxy) is 1. The molecule has 0 saturated carbocycles. The molecule has 0 bridgehead atoms. The zero-order valence-corrected chi connectivity index (χ0v) is 27.5. The number of aldehydes is 1. The Balaban J connectivity index is 1.24. The maximum Gasteiger partial charge on any atom is 0.411 e. The van der Waals surface area contributed by atoms with Crippen LogP contribution < -0.4 is 16.4 Å². The van der Waals surface area contributed by atoms with Crippen LogP contribution in [-0.4, -0.2) is 84.1 Å². The van der Waals surface area contributed by atoms with Gasteiger partial charge in [0.05, 0.1) is 0 Å². The highest BCUT2D eigenvalue weighted by Gasteiger charge is 2.52. The van der Waals surface area contributed by atoms with Gasteiger partial charge in [-0.1, -0.05) is 24.3 Å². The topological polar surface area (TPSA) is 120 Å². The van der Waals surface area contributed by atoms with E-state index < -0.39 is 11.8 Å². The highest BCUT2D eigenvalue weighted by atomic mass is 79.9. The van der Waals surface area contributed by atoms with E-state index >= 15 is 0 Å². The second-order valence-electron chi connectivity index (χ2n) is 13.0. The number of benzene rings is 2. The number of likely N-dealkylation sites (tertiary alicyclic amines) is 2. The Morgan fingerprint density at radius 3 is 2.53 bits per heavy atom. The summed E-state index contributed by atoms with van der Waals surface area (Å²) >= 11 is 3.46. The summed E-state index contributed by atoms with van der Waals surface area (Å²) in [6.45, 7) is 4.84. The number of urea groups is 1. The van der Waals surface area contributed by atoms with Crippen molar-refractivity contribution < 1.29 is 19.1 Å². The molecule has 3 amide bonds. The number of fused-ring (bicyclic) bond motifs is 1. The minimum absolute atomic E-state index is 0.0966. The van der Waals surface area contributed by atoms with E-state index in [-0.39, 0.29) is 25.1 Å². The van der Waals surface area contributed by atoms with Crippen LogP contribution in [0.4, 0.5) is 21.0 Å². The molecule has 4 aliphatic rings. The van der Waals surface area contributed by atoms with Crippen LogP contribution in [0.15, 0.2) is 46.9 Å². The van der Waals surface area contributed by atoms with Crippen molar-refractivity contribution in [3.8, 4) is 0 Å². The maximum absolute atomic E-state index is 13.9. The number of para-hydroxylation sites is 1. The molecule has 0 aromatic heterocycles. The number of nitrogens with zero attached hydrogens (tertiary/aromatic N) is 3. The molecule has 0 spiro atoms. The number of carbonyl (C=O) groups is 3. The summed E-state index contributed by atoms with van der Waals surface area (Å²) in [5.74, 6) is 1.37. The van der Waals surface area contributed by atoms with Crippen LogP contribution in [0.5, 0.6) is 0 Å². The minimum atomic E-state index is -0.873. The Morgan fingerprint density at radius 2 is 1.78 bits per heavy atom. The molecular weight excluding hydrogens is 636 g/mol. The molecule has 242 valence electrons. The summed E-state index contributed by atoms with van der Waals surface area (Å²) < 4.78 is 6.67. The predicted octanol–water partition coefficient (Wildman–Crippen LogP) is 5.22. The van der Waals surface area contributed by atoms with Gasteiger partial charge in [0.1, 0.15) is 18.6 Å². The zero-order chi connectivity index (χ0) is 31.4. The van der Waals surface area contributed by atoms with Gasteiger partial charge in [0.25, 0.3) is 0 Å². The predicted molar refractivity (Wildman–Crippen MR) is 178 cm³/mol.